The first-order chi connectivity index (χ1) is 13.5. The van der Waals surface area contributed by atoms with Crippen LogP contribution >= 0.6 is 0 Å². The quantitative estimate of drug-likeness (QED) is 0.770. The summed E-state index contributed by atoms with van der Waals surface area (Å²) in [6.45, 7) is 3.62. The highest BCUT2D eigenvalue weighted by atomic mass is 32.2. The Hall–Kier alpha value is -2.38. The van der Waals surface area contributed by atoms with Crippen molar-refractivity contribution < 1.29 is 17.9 Å². The Morgan fingerprint density at radius 3 is 2.46 bits per heavy atom. The highest BCUT2D eigenvalue weighted by molar-refractivity contribution is 7.89. The van der Waals surface area contributed by atoms with Gasteiger partial charge in [0.05, 0.1) is 17.9 Å². The van der Waals surface area contributed by atoms with E-state index in [0.29, 0.717) is 25.4 Å². The summed E-state index contributed by atoms with van der Waals surface area (Å²) in [5, 5.41) is 2.79. The van der Waals surface area contributed by atoms with Crippen LogP contribution in [0.15, 0.2) is 53.4 Å². The molecule has 3 rings (SSSR count). The van der Waals surface area contributed by atoms with E-state index >= 15 is 0 Å². The fraction of sp³-hybridized carbons (Fsp3) is 0.381. The highest BCUT2D eigenvalue weighted by Crippen LogP contribution is 2.23. The molecular formula is C21H26N2O4S. The number of amides is 1. The van der Waals surface area contributed by atoms with E-state index in [4.69, 9.17) is 4.74 Å². The van der Waals surface area contributed by atoms with Crippen molar-refractivity contribution in [1.82, 2.24) is 4.31 Å². The summed E-state index contributed by atoms with van der Waals surface area (Å²) in [7, 11) is -3.52. The lowest BCUT2D eigenvalue weighted by Gasteiger charge is -2.26. The Kier molecular flexibility index (Phi) is 6.70. The lowest BCUT2D eigenvalue weighted by molar-refractivity contribution is -0.115. The van der Waals surface area contributed by atoms with E-state index in [0.717, 1.165) is 30.6 Å². The number of benzene rings is 2. The van der Waals surface area contributed by atoms with Crippen LogP contribution in [0.3, 0.4) is 0 Å². The van der Waals surface area contributed by atoms with E-state index < -0.39 is 10.0 Å². The van der Waals surface area contributed by atoms with Gasteiger partial charge in [-0.25, -0.2) is 8.42 Å². The Labute approximate surface area is 166 Å². The van der Waals surface area contributed by atoms with Gasteiger partial charge in [-0.3, -0.25) is 4.79 Å². The van der Waals surface area contributed by atoms with Crippen LogP contribution in [0.1, 0.15) is 31.7 Å². The third kappa shape index (κ3) is 5.11. The maximum atomic E-state index is 12.8. The van der Waals surface area contributed by atoms with Crippen molar-refractivity contribution in [1.29, 1.82) is 0 Å². The van der Waals surface area contributed by atoms with E-state index in [1.807, 2.05) is 31.2 Å². The van der Waals surface area contributed by atoms with Gasteiger partial charge in [0.15, 0.2) is 0 Å². The molecule has 0 saturated carbocycles. The number of carbonyl (C=O) groups is 1. The van der Waals surface area contributed by atoms with Gasteiger partial charge in [0.2, 0.25) is 15.9 Å². The van der Waals surface area contributed by atoms with E-state index in [2.05, 4.69) is 5.32 Å². The zero-order valence-electron chi connectivity index (χ0n) is 16.1. The molecule has 0 atom stereocenters. The van der Waals surface area contributed by atoms with Crippen molar-refractivity contribution >= 4 is 21.6 Å². The summed E-state index contributed by atoms with van der Waals surface area (Å²) < 4.78 is 32.5. The van der Waals surface area contributed by atoms with E-state index in [1.54, 1.807) is 18.2 Å². The second-order valence-corrected chi connectivity index (χ2v) is 8.73. The molecule has 1 fully saturated rings. The van der Waals surface area contributed by atoms with Crippen molar-refractivity contribution in [2.24, 2.45) is 0 Å². The molecule has 0 spiro atoms. The van der Waals surface area contributed by atoms with Crippen LogP contribution in [0.25, 0.3) is 0 Å². The number of rotatable bonds is 7. The van der Waals surface area contributed by atoms with Gasteiger partial charge >= 0.3 is 0 Å². The van der Waals surface area contributed by atoms with Crippen molar-refractivity contribution in [2.75, 3.05) is 25.0 Å². The summed E-state index contributed by atoms with van der Waals surface area (Å²) >= 11 is 0. The van der Waals surface area contributed by atoms with E-state index in [-0.39, 0.29) is 17.2 Å². The standard InChI is InChI=1S/C21H26N2O4S/c1-2-27-19-11-9-17(10-12-19)15-21(24)22-18-7-6-8-20(16-18)28(25,26)23-13-4-3-5-14-23/h6-12,16H,2-5,13-15H2,1H3,(H,22,24). The molecule has 1 amide bonds. The third-order valence-electron chi connectivity index (χ3n) is 4.67. The fourth-order valence-electron chi connectivity index (χ4n) is 3.25. The van der Waals surface area contributed by atoms with Gasteiger partial charge in [0, 0.05) is 18.8 Å². The fourth-order valence-corrected chi connectivity index (χ4v) is 4.81. The van der Waals surface area contributed by atoms with Crippen LogP contribution < -0.4 is 10.1 Å². The molecule has 1 N–H and O–H groups in total. The van der Waals surface area contributed by atoms with Crippen LogP contribution in [-0.2, 0) is 21.2 Å². The van der Waals surface area contributed by atoms with Crippen LogP contribution in [0.4, 0.5) is 5.69 Å². The zero-order valence-corrected chi connectivity index (χ0v) is 16.9. The Morgan fingerprint density at radius 2 is 1.79 bits per heavy atom. The van der Waals surface area contributed by atoms with Gasteiger partial charge in [0.25, 0.3) is 0 Å². The number of hydrogen-bond donors (Lipinski definition) is 1. The second kappa shape index (κ2) is 9.21. The Balaban J connectivity index is 1.66. The van der Waals surface area contributed by atoms with Crippen molar-refractivity contribution in [3.63, 3.8) is 0 Å². The molecule has 1 aliphatic heterocycles. The minimum Gasteiger partial charge on any atom is -0.494 e. The number of anilines is 1. The van der Waals surface area contributed by atoms with Crippen molar-refractivity contribution in [3.05, 3.63) is 54.1 Å². The largest absolute Gasteiger partial charge is 0.494 e. The number of piperidine rings is 1. The first kappa shape index (κ1) is 20.4. The molecule has 1 saturated heterocycles. The SMILES string of the molecule is CCOc1ccc(CC(=O)Nc2cccc(S(=O)(=O)N3CCCCC3)c2)cc1. The lowest BCUT2D eigenvalue weighted by Crippen LogP contribution is -2.35. The molecular weight excluding hydrogens is 376 g/mol. The summed E-state index contributed by atoms with van der Waals surface area (Å²) in [6, 6.07) is 13.8. The molecule has 2 aromatic rings. The number of hydrogen-bond acceptors (Lipinski definition) is 4. The molecule has 0 aromatic heterocycles. The smallest absolute Gasteiger partial charge is 0.243 e. The van der Waals surface area contributed by atoms with Crippen LogP contribution in [0, 0.1) is 0 Å². The highest BCUT2D eigenvalue weighted by Gasteiger charge is 2.26. The molecule has 1 aliphatic rings. The lowest BCUT2D eigenvalue weighted by atomic mass is 10.1. The number of ether oxygens (including phenoxy) is 1. The number of nitrogens with zero attached hydrogens (tertiary/aromatic N) is 1. The van der Waals surface area contributed by atoms with E-state index in [1.165, 1.54) is 10.4 Å². The van der Waals surface area contributed by atoms with Gasteiger partial charge in [-0.1, -0.05) is 24.6 Å². The molecule has 0 radical (unpaired) electrons. The number of nitrogens with one attached hydrogen (secondary N) is 1. The summed E-state index contributed by atoms with van der Waals surface area (Å²) in [5.41, 5.74) is 1.34. The molecule has 1 heterocycles. The summed E-state index contributed by atoms with van der Waals surface area (Å²) in [5.74, 6) is 0.568. The average molecular weight is 403 g/mol. The molecule has 0 bridgehead atoms. The molecule has 28 heavy (non-hydrogen) atoms. The Morgan fingerprint density at radius 1 is 1.07 bits per heavy atom. The van der Waals surface area contributed by atoms with Crippen molar-refractivity contribution in [3.8, 4) is 5.75 Å². The molecule has 0 unspecified atom stereocenters. The van der Waals surface area contributed by atoms with Crippen LogP contribution in [0.5, 0.6) is 5.75 Å². The zero-order chi connectivity index (χ0) is 20.0. The molecule has 7 heteroatoms. The maximum Gasteiger partial charge on any atom is 0.243 e. The van der Waals surface area contributed by atoms with Crippen molar-refractivity contribution in [2.45, 2.75) is 37.5 Å². The molecule has 6 nitrogen and oxygen atoms in total. The minimum absolute atomic E-state index is 0.198. The predicted octanol–water partition coefficient (Wildman–Crippen LogP) is 3.44. The topological polar surface area (TPSA) is 75.7 Å². The molecule has 150 valence electrons. The van der Waals surface area contributed by atoms with Gasteiger partial charge in [-0.2, -0.15) is 4.31 Å². The van der Waals surface area contributed by atoms with Crippen LogP contribution in [-0.4, -0.2) is 38.3 Å². The monoisotopic (exact) mass is 402 g/mol. The first-order valence-corrected chi connectivity index (χ1v) is 11.0. The number of sulfonamides is 1. The second-order valence-electron chi connectivity index (χ2n) is 6.79. The van der Waals surface area contributed by atoms with Crippen LogP contribution in [0.2, 0.25) is 0 Å². The first-order valence-electron chi connectivity index (χ1n) is 9.61. The van der Waals surface area contributed by atoms with Gasteiger partial charge in [0.1, 0.15) is 5.75 Å². The maximum absolute atomic E-state index is 12.8. The molecule has 2 aromatic carbocycles. The van der Waals surface area contributed by atoms with Gasteiger partial charge < -0.3 is 10.1 Å². The molecule has 0 aliphatic carbocycles. The summed E-state index contributed by atoms with van der Waals surface area (Å²) in [6.07, 6.45) is 3.04. The summed E-state index contributed by atoms with van der Waals surface area (Å²) in [4.78, 5) is 12.6. The Bertz CT molecular complexity index is 904. The normalized spacial score (nSPS) is 15.2. The minimum atomic E-state index is -3.52. The average Bonchev–Trinajstić information content (AvgIpc) is 2.70. The van der Waals surface area contributed by atoms with Gasteiger partial charge in [-0.05, 0) is 55.7 Å². The predicted molar refractivity (Wildman–Crippen MR) is 109 cm³/mol. The van der Waals surface area contributed by atoms with E-state index in [9.17, 15) is 13.2 Å². The van der Waals surface area contributed by atoms with Gasteiger partial charge in [-0.15, -0.1) is 0 Å². The third-order valence-corrected chi connectivity index (χ3v) is 6.56. The number of carbonyl (C=O) groups excluding carboxylic acids is 1.